The maximum atomic E-state index is 12.3. The summed E-state index contributed by atoms with van der Waals surface area (Å²) in [5, 5.41) is 7.00. The van der Waals surface area contributed by atoms with Crippen molar-refractivity contribution in [2.75, 3.05) is 24.7 Å². The molecule has 0 atom stereocenters. The molecule has 9 heteroatoms. The minimum Gasteiger partial charge on any atom is -0.378 e. The van der Waals surface area contributed by atoms with Crippen LogP contribution in [0.25, 0.3) is 0 Å². The van der Waals surface area contributed by atoms with Crippen molar-refractivity contribution in [2.45, 2.75) is 25.8 Å². The van der Waals surface area contributed by atoms with Crippen LogP contribution < -0.4 is 15.6 Å². The summed E-state index contributed by atoms with van der Waals surface area (Å²) in [4.78, 5) is 12.3. The van der Waals surface area contributed by atoms with Gasteiger partial charge in [-0.1, -0.05) is 6.42 Å². The Morgan fingerprint density at radius 1 is 1.48 bits per heavy atom. The van der Waals surface area contributed by atoms with Crippen molar-refractivity contribution in [1.29, 1.82) is 0 Å². The average Bonchev–Trinajstić information content (AvgIpc) is 2.39. The molecule has 1 aromatic heterocycles. The molecule has 0 saturated heterocycles. The van der Waals surface area contributed by atoms with E-state index in [9.17, 15) is 13.2 Å². The number of hydrogen-bond acceptors (Lipinski definition) is 5. The molecule has 118 valence electrons. The van der Waals surface area contributed by atoms with Gasteiger partial charge in [0.1, 0.15) is 5.69 Å². The number of halogens is 1. The fraction of sp³-hybridized carbons (Fsp3) is 0.667. The van der Waals surface area contributed by atoms with Crippen molar-refractivity contribution in [2.24, 2.45) is 5.92 Å². The number of rotatable bonds is 7. The van der Waals surface area contributed by atoms with Gasteiger partial charge in [0.25, 0.3) is 5.56 Å². The Balaban J connectivity index is 2.07. The highest BCUT2D eigenvalue weighted by Crippen LogP contribution is 2.27. The SMILES string of the molecule is CNS(=O)(=O)CCNc1c(Br)cnn(CC2CCC2)c1=O. The molecule has 2 N–H and O–H groups in total. The van der Waals surface area contributed by atoms with Crippen molar-refractivity contribution in [3.05, 3.63) is 21.0 Å². The summed E-state index contributed by atoms with van der Waals surface area (Å²) in [6.07, 6.45) is 5.04. The first-order chi connectivity index (χ1) is 9.93. The van der Waals surface area contributed by atoms with Gasteiger partial charge in [0.2, 0.25) is 10.0 Å². The van der Waals surface area contributed by atoms with Crippen LogP contribution in [0.3, 0.4) is 0 Å². The number of aromatic nitrogens is 2. The molecule has 1 aromatic rings. The molecule has 21 heavy (non-hydrogen) atoms. The summed E-state index contributed by atoms with van der Waals surface area (Å²) in [5.41, 5.74) is 0.133. The molecule has 0 amide bonds. The Morgan fingerprint density at radius 2 is 2.19 bits per heavy atom. The normalized spacial score (nSPS) is 15.7. The first-order valence-electron chi connectivity index (χ1n) is 6.83. The third kappa shape index (κ3) is 4.27. The third-order valence-electron chi connectivity index (χ3n) is 3.64. The Kier molecular flexibility index (Phi) is 5.39. The highest BCUT2D eigenvalue weighted by molar-refractivity contribution is 9.10. The first kappa shape index (κ1) is 16.4. The molecule has 1 saturated carbocycles. The molecule has 0 aromatic carbocycles. The minimum atomic E-state index is -3.29. The van der Waals surface area contributed by atoms with Gasteiger partial charge in [-0.25, -0.2) is 17.8 Å². The van der Waals surface area contributed by atoms with Gasteiger partial charge in [0, 0.05) is 13.1 Å². The second-order valence-corrected chi connectivity index (χ2v) is 8.00. The average molecular weight is 379 g/mol. The Hall–Kier alpha value is -0.930. The molecule has 2 rings (SSSR count). The Labute approximate surface area is 132 Å². The number of anilines is 1. The lowest BCUT2D eigenvalue weighted by Gasteiger charge is -2.25. The van der Waals surface area contributed by atoms with Gasteiger partial charge >= 0.3 is 0 Å². The van der Waals surface area contributed by atoms with E-state index < -0.39 is 10.0 Å². The number of sulfonamides is 1. The Bertz CT molecular complexity index is 655. The van der Waals surface area contributed by atoms with Crippen LogP contribution >= 0.6 is 15.9 Å². The molecule has 1 aliphatic rings. The van der Waals surface area contributed by atoms with E-state index in [1.807, 2.05) is 0 Å². The fourth-order valence-electron chi connectivity index (χ4n) is 2.09. The van der Waals surface area contributed by atoms with Crippen molar-refractivity contribution in [3.8, 4) is 0 Å². The zero-order chi connectivity index (χ0) is 15.5. The van der Waals surface area contributed by atoms with Crippen LogP contribution in [0, 0.1) is 5.92 Å². The van der Waals surface area contributed by atoms with E-state index in [0.29, 0.717) is 22.6 Å². The van der Waals surface area contributed by atoms with Crippen molar-refractivity contribution in [3.63, 3.8) is 0 Å². The summed E-state index contributed by atoms with van der Waals surface area (Å²) in [7, 11) is -1.93. The predicted octanol–water partition coefficient (Wildman–Crippen LogP) is 0.767. The molecule has 7 nitrogen and oxygen atoms in total. The van der Waals surface area contributed by atoms with Crippen LogP contribution in [0.15, 0.2) is 15.5 Å². The van der Waals surface area contributed by atoms with Gasteiger partial charge in [-0.3, -0.25) is 4.79 Å². The molecule has 0 bridgehead atoms. The molecular formula is C12H19BrN4O3S. The Morgan fingerprint density at radius 3 is 2.76 bits per heavy atom. The maximum absolute atomic E-state index is 12.3. The highest BCUT2D eigenvalue weighted by Gasteiger charge is 2.20. The standard InChI is InChI=1S/C12H19BrN4O3S/c1-14-21(19,20)6-5-15-11-10(13)7-16-17(12(11)18)8-9-3-2-4-9/h7,9,14-15H,2-6,8H2,1H3. The summed E-state index contributed by atoms with van der Waals surface area (Å²) < 4.78 is 26.9. The van der Waals surface area contributed by atoms with Crippen LogP contribution in [-0.4, -0.2) is 37.5 Å². The lowest BCUT2D eigenvalue weighted by atomic mass is 9.85. The van der Waals surface area contributed by atoms with Gasteiger partial charge in [0.15, 0.2) is 0 Å². The van der Waals surface area contributed by atoms with Crippen LogP contribution in [0.4, 0.5) is 5.69 Å². The van der Waals surface area contributed by atoms with E-state index in [4.69, 9.17) is 0 Å². The molecule has 0 radical (unpaired) electrons. The minimum absolute atomic E-state index is 0.0969. The van der Waals surface area contributed by atoms with Crippen molar-refractivity contribution >= 4 is 31.6 Å². The molecule has 0 spiro atoms. The predicted molar refractivity (Wildman–Crippen MR) is 84.9 cm³/mol. The van der Waals surface area contributed by atoms with Gasteiger partial charge in [-0.05, 0) is 41.7 Å². The molecule has 0 unspecified atom stereocenters. The number of nitrogens with one attached hydrogen (secondary N) is 2. The lowest BCUT2D eigenvalue weighted by Crippen LogP contribution is -2.32. The number of nitrogens with zero attached hydrogens (tertiary/aromatic N) is 2. The topological polar surface area (TPSA) is 93.1 Å². The van der Waals surface area contributed by atoms with E-state index in [2.05, 4.69) is 31.1 Å². The highest BCUT2D eigenvalue weighted by atomic mass is 79.9. The number of hydrogen-bond donors (Lipinski definition) is 2. The van der Waals surface area contributed by atoms with E-state index in [-0.39, 0.29) is 17.9 Å². The molecule has 1 aliphatic carbocycles. The van der Waals surface area contributed by atoms with E-state index in [1.165, 1.54) is 18.2 Å². The maximum Gasteiger partial charge on any atom is 0.291 e. The van der Waals surface area contributed by atoms with Crippen LogP contribution in [0.1, 0.15) is 19.3 Å². The monoisotopic (exact) mass is 378 g/mol. The van der Waals surface area contributed by atoms with E-state index in [1.54, 1.807) is 6.20 Å². The molecule has 1 fully saturated rings. The van der Waals surface area contributed by atoms with Gasteiger partial charge in [-0.2, -0.15) is 5.10 Å². The lowest BCUT2D eigenvalue weighted by molar-refractivity contribution is 0.262. The quantitative estimate of drug-likeness (QED) is 0.730. The fourth-order valence-corrected chi connectivity index (χ4v) is 3.07. The summed E-state index contributed by atoms with van der Waals surface area (Å²) >= 11 is 3.27. The van der Waals surface area contributed by atoms with Crippen LogP contribution in [-0.2, 0) is 16.6 Å². The molecule has 1 heterocycles. The van der Waals surface area contributed by atoms with Gasteiger partial charge in [0.05, 0.1) is 16.4 Å². The van der Waals surface area contributed by atoms with E-state index in [0.717, 1.165) is 12.8 Å². The molecular weight excluding hydrogens is 360 g/mol. The summed E-state index contributed by atoms with van der Waals surface area (Å²) in [5.74, 6) is 0.425. The summed E-state index contributed by atoms with van der Waals surface area (Å²) in [6.45, 7) is 0.778. The van der Waals surface area contributed by atoms with Crippen molar-refractivity contribution < 1.29 is 8.42 Å². The van der Waals surface area contributed by atoms with Crippen molar-refractivity contribution in [1.82, 2.24) is 14.5 Å². The van der Waals surface area contributed by atoms with E-state index >= 15 is 0 Å². The first-order valence-corrected chi connectivity index (χ1v) is 9.28. The zero-order valence-corrected chi connectivity index (χ0v) is 14.2. The zero-order valence-electron chi connectivity index (χ0n) is 11.8. The van der Waals surface area contributed by atoms with Gasteiger partial charge < -0.3 is 5.32 Å². The largest absolute Gasteiger partial charge is 0.378 e. The molecule has 0 aliphatic heterocycles. The second-order valence-electron chi connectivity index (χ2n) is 5.10. The smallest absolute Gasteiger partial charge is 0.291 e. The van der Waals surface area contributed by atoms with Gasteiger partial charge in [-0.15, -0.1) is 0 Å². The van der Waals surface area contributed by atoms with Crippen LogP contribution in [0.5, 0.6) is 0 Å². The third-order valence-corrected chi connectivity index (χ3v) is 5.60. The summed E-state index contributed by atoms with van der Waals surface area (Å²) in [6, 6.07) is 0. The second kappa shape index (κ2) is 6.89. The van der Waals surface area contributed by atoms with Crippen LogP contribution in [0.2, 0.25) is 0 Å².